The van der Waals surface area contributed by atoms with E-state index in [2.05, 4.69) is 29.4 Å². The van der Waals surface area contributed by atoms with Crippen molar-refractivity contribution < 1.29 is 19.5 Å². The Morgan fingerprint density at radius 1 is 1.42 bits per heavy atom. The first-order valence-electron chi connectivity index (χ1n) is 8.80. The molecule has 2 aromatic rings. The third-order valence-electron chi connectivity index (χ3n) is 4.78. The molecule has 3 atom stereocenters. The van der Waals surface area contributed by atoms with Crippen LogP contribution >= 0.6 is 34.8 Å². The fourth-order valence-corrected chi connectivity index (χ4v) is 5.44. The van der Waals surface area contributed by atoms with Crippen LogP contribution < -0.4 is 11.1 Å². The minimum Gasteiger partial charge on any atom is -0.477 e. The van der Waals surface area contributed by atoms with E-state index in [9.17, 15) is 24.4 Å². The topological polar surface area (TPSA) is 194 Å². The SMILES string of the molecule is Cc1snnc1SC1=C(C(=O)O)N2C(=O)C(NC(=O)C(N=O)c3nsc(N)n3)C2CC1. The number of amides is 2. The van der Waals surface area contributed by atoms with Gasteiger partial charge in [-0.3, -0.25) is 14.5 Å². The van der Waals surface area contributed by atoms with Crippen molar-refractivity contribution in [1.29, 1.82) is 0 Å². The van der Waals surface area contributed by atoms with E-state index in [4.69, 9.17) is 5.73 Å². The van der Waals surface area contributed by atoms with Crippen LogP contribution in [0.4, 0.5) is 5.13 Å². The molecule has 16 heteroatoms. The molecule has 13 nitrogen and oxygen atoms in total. The van der Waals surface area contributed by atoms with Crippen molar-refractivity contribution in [3.8, 4) is 0 Å². The Labute approximate surface area is 186 Å². The summed E-state index contributed by atoms with van der Waals surface area (Å²) in [5.74, 6) is -2.84. The highest BCUT2D eigenvalue weighted by molar-refractivity contribution is 8.03. The van der Waals surface area contributed by atoms with E-state index >= 15 is 0 Å². The summed E-state index contributed by atoms with van der Waals surface area (Å²) >= 11 is 3.18. The number of aliphatic carboxylic acids is 1. The predicted octanol–water partition coefficient (Wildman–Crippen LogP) is 0.666. The van der Waals surface area contributed by atoms with E-state index in [0.29, 0.717) is 22.8 Å². The van der Waals surface area contributed by atoms with Gasteiger partial charge >= 0.3 is 5.97 Å². The predicted molar refractivity (Wildman–Crippen MR) is 110 cm³/mol. The maximum absolute atomic E-state index is 12.7. The number of carbonyl (C=O) groups excluding carboxylic acids is 2. The molecule has 4 heterocycles. The van der Waals surface area contributed by atoms with Gasteiger partial charge in [-0.2, -0.15) is 4.37 Å². The first kappa shape index (κ1) is 21.3. The third-order valence-corrected chi connectivity index (χ3v) is 7.32. The molecule has 0 radical (unpaired) electrons. The molecule has 3 unspecified atom stereocenters. The number of hydrogen-bond acceptors (Lipinski definition) is 13. The lowest BCUT2D eigenvalue weighted by Crippen LogP contribution is -2.71. The van der Waals surface area contributed by atoms with Crippen molar-refractivity contribution in [2.45, 2.75) is 42.9 Å². The van der Waals surface area contributed by atoms with Crippen LogP contribution in [0.15, 0.2) is 20.8 Å². The number of nitrogens with one attached hydrogen (secondary N) is 1. The molecule has 2 aliphatic heterocycles. The molecular weight excluding hydrogens is 468 g/mol. The number of rotatable bonds is 7. The molecule has 1 fully saturated rings. The molecule has 0 bridgehead atoms. The highest BCUT2D eigenvalue weighted by Crippen LogP contribution is 2.43. The number of hydrogen-bond donors (Lipinski definition) is 3. The number of carbonyl (C=O) groups is 3. The number of thioether (sulfide) groups is 1. The molecule has 2 aliphatic rings. The van der Waals surface area contributed by atoms with E-state index in [1.165, 1.54) is 23.3 Å². The van der Waals surface area contributed by atoms with Crippen molar-refractivity contribution in [1.82, 2.24) is 29.2 Å². The third kappa shape index (κ3) is 3.77. The highest BCUT2D eigenvalue weighted by Gasteiger charge is 2.54. The van der Waals surface area contributed by atoms with Crippen LogP contribution in [-0.2, 0) is 14.4 Å². The molecule has 0 saturated carbocycles. The van der Waals surface area contributed by atoms with E-state index in [1.54, 1.807) is 0 Å². The number of aromatic nitrogens is 4. The number of allylic oxidation sites excluding steroid dienone is 1. The molecule has 0 aromatic carbocycles. The summed E-state index contributed by atoms with van der Waals surface area (Å²) in [6, 6.07) is -3.08. The van der Waals surface area contributed by atoms with Gasteiger partial charge in [0.1, 0.15) is 16.8 Å². The Bertz CT molecular complexity index is 1110. The van der Waals surface area contributed by atoms with Gasteiger partial charge in [0, 0.05) is 16.4 Å². The summed E-state index contributed by atoms with van der Waals surface area (Å²) in [5, 5.41) is 19.6. The standard InChI is InChI=1S/C15H14N8O5S3/c1-4-12(19-22-30-4)29-6-3-2-5-7(13(25)23(5)9(6)14(26)27)17-11(24)8(20-28)10-18-15(16)31-21-10/h5,7-8H,2-3H2,1H3,(H,17,24)(H,26,27)(H2,16,18,21). The molecule has 2 aromatic heterocycles. The van der Waals surface area contributed by atoms with Gasteiger partial charge in [0.15, 0.2) is 11.0 Å². The highest BCUT2D eigenvalue weighted by atomic mass is 32.2. The van der Waals surface area contributed by atoms with Crippen LogP contribution in [0.25, 0.3) is 0 Å². The van der Waals surface area contributed by atoms with Gasteiger partial charge in [0.05, 0.1) is 10.9 Å². The fourth-order valence-electron chi connectivity index (χ4n) is 3.37. The van der Waals surface area contributed by atoms with Gasteiger partial charge in [-0.15, -0.1) is 10.0 Å². The quantitative estimate of drug-likeness (QED) is 0.371. The molecule has 31 heavy (non-hydrogen) atoms. The number of carboxylic acids is 1. The smallest absolute Gasteiger partial charge is 0.353 e. The number of aryl methyl sites for hydroxylation is 1. The number of carboxylic acid groups (broad SMARTS) is 1. The van der Waals surface area contributed by atoms with Crippen LogP contribution in [0.5, 0.6) is 0 Å². The maximum Gasteiger partial charge on any atom is 0.353 e. The van der Waals surface area contributed by atoms with Gasteiger partial charge < -0.3 is 16.2 Å². The second-order valence-electron chi connectivity index (χ2n) is 6.61. The Hall–Kier alpha value is -2.98. The largest absolute Gasteiger partial charge is 0.477 e. The van der Waals surface area contributed by atoms with Crippen molar-refractivity contribution >= 4 is 57.7 Å². The molecule has 4 N–H and O–H groups in total. The molecular formula is C15H14N8O5S3. The van der Waals surface area contributed by atoms with E-state index in [1.807, 2.05) is 6.92 Å². The van der Waals surface area contributed by atoms with Crippen LogP contribution in [0.1, 0.15) is 29.6 Å². The van der Waals surface area contributed by atoms with Gasteiger partial charge in [-0.1, -0.05) is 16.3 Å². The van der Waals surface area contributed by atoms with Crippen molar-refractivity contribution in [2.75, 3.05) is 5.73 Å². The van der Waals surface area contributed by atoms with Crippen LogP contribution in [0.2, 0.25) is 0 Å². The maximum atomic E-state index is 12.7. The zero-order chi connectivity index (χ0) is 22.3. The zero-order valence-corrected chi connectivity index (χ0v) is 18.2. The molecule has 4 rings (SSSR count). The number of nitrogen functional groups attached to an aromatic ring is 1. The van der Waals surface area contributed by atoms with Crippen LogP contribution in [-0.4, -0.2) is 58.8 Å². The molecule has 0 aliphatic carbocycles. The van der Waals surface area contributed by atoms with Gasteiger partial charge in [0.25, 0.3) is 11.8 Å². The molecule has 0 spiro atoms. The summed E-state index contributed by atoms with van der Waals surface area (Å²) in [6.07, 6.45) is 0.803. The van der Waals surface area contributed by atoms with Gasteiger partial charge in [0.2, 0.25) is 6.04 Å². The average molecular weight is 483 g/mol. The molecule has 162 valence electrons. The Morgan fingerprint density at radius 2 is 2.19 bits per heavy atom. The average Bonchev–Trinajstić information content (AvgIpc) is 3.34. The zero-order valence-electron chi connectivity index (χ0n) is 15.7. The number of nitroso groups, excluding NO2 is 1. The Balaban J connectivity index is 1.52. The molecule has 2 amide bonds. The number of fused-ring (bicyclic) bond motifs is 1. The number of β-lactam (4-membered cyclic amide) rings is 1. The first-order chi connectivity index (χ1) is 14.8. The van der Waals surface area contributed by atoms with Crippen molar-refractivity contribution in [2.24, 2.45) is 5.18 Å². The molecule has 1 saturated heterocycles. The van der Waals surface area contributed by atoms with E-state index < -0.39 is 35.9 Å². The second kappa shape index (κ2) is 8.27. The summed E-state index contributed by atoms with van der Waals surface area (Å²) < 4.78 is 7.64. The summed E-state index contributed by atoms with van der Waals surface area (Å²) in [7, 11) is 0. The number of anilines is 1. The van der Waals surface area contributed by atoms with Crippen molar-refractivity contribution in [3.05, 3.63) is 26.2 Å². The second-order valence-corrected chi connectivity index (χ2v) is 9.44. The minimum atomic E-state index is -1.56. The van der Waals surface area contributed by atoms with Gasteiger partial charge in [-0.25, -0.2) is 9.78 Å². The summed E-state index contributed by atoms with van der Waals surface area (Å²) in [4.78, 5) is 54.6. The monoisotopic (exact) mass is 482 g/mol. The first-order valence-corrected chi connectivity index (χ1v) is 11.2. The lowest BCUT2D eigenvalue weighted by Gasteiger charge is -2.50. The van der Waals surface area contributed by atoms with Crippen molar-refractivity contribution in [3.63, 3.8) is 0 Å². The number of nitrogens with two attached hydrogens (primary N) is 1. The Morgan fingerprint density at radius 3 is 2.77 bits per heavy atom. The van der Waals surface area contributed by atoms with Crippen LogP contribution in [0, 0.1) is 11.8 Å². The van der Waals surface area contributed by atoms with E-state index in [0.717, 1.165) is 21.3 Å². The Kier molecular flexibility index (Phi) is 5.67. The minimum absolute atomic E-state index is 0.0708. The lowest BCUT2D eigenvalue weighted by molar-refractivity contribution is -0.156. The fraction of sp³-hybridized carbons (Fsp3) is 0.400. The van der Waals surface area contributed by atoms with Gasteiger partial charge in [-0.05, 0) is 36.5 Å². The summed E-state index contributed by atoms with van der Waals surface area (Å²) in [6.45, 7) is 1.82. The number of nitrogens with zero attached hydrogens (tertiary/aromatic N) is 6. The normalized spacial score (nSPS) is 21.3. The van der Waals surface area contributed by atoms with Crippen LogP contribution in [0.3, 0.4) is 0 Å². The van der Waals surface area contributed by atoms with E-state index in [-0.39, 0.29) is 16.7 Å². The summed E-state index contributed by atoms with van der Waals surface area (Å²) in [5.41, 5.74) is 5.34. The lowest BCUT2D eigenvalue weighted by atomic mass is 9.86.